The molecule has 1 heterocycles. The number of aromatic nitrogens is 2. The lowest BCUT2D eigenvalue weighted by molar-refractivity contribution is -0.141. The first-order valence-electron chi connectivity index (χ1n) is 4.96. The lowest BCUT2D eigenvalue weighted by atomic mass is 10.3. The number of nitrogens with zero attached hydrogens (tertiary/aromatic N) is 2. The van der Waals surface area contributed by atoms with Gasteiger partial charge in [0.15, 0.2) is 0 Å². The SMILES string of the molecule is COC(=O)Cn1cc(Br)c(=O)n([C@@H](C)C=O)c1=O. The van der Waals surface area contributed by atoms with Gasteiger partial charge in [-0.05, 0) is 22.9 Å². The quantitative estimate of drug-likeness (QED) is 0.562. The Morgan fingerprint density at radius 2 is 2.17 bits per heavy atom. The third-order valence-electron chi connectivity index (χ3n) is 2.28. The Balaban J connectivity index is 3.44. The monoisotopic (exact) mass is 318 g/mol. The van der Waals surface area contributed by atoms with Crippen LogP contribution in [-0.2, 0) is 20.9 Å². The van der Waals surface area contributed by atoms with Crippen LogP contribution in [0.5, 0.6) is 0 Å². The van der Waals surface area contributed by atoms with Crippen molar-refractivity contribution >= 4 is 28.2 Å². The number of ether oxygens (including phenoxy) is 1. The second kappa shape index (κ2) is 5.76. The smallest absolute Gasteiger partial charge is 0.332 e. The molecule has 0 saturated heterocycles. The number of halogens is 1. The molecule has 1 atom stereocenters. The van der Waals surface area contributed by atoms with Crippen molar-refractivity contribution in [2.24, 2.45) is 0 Å². The summed E-state index contributed by atoms with van der Waals surface area (Å²) in [5, 5.41) is 0. The number of aldehydes is 1. The summed E-state index contributed by atoms with van der Waals surface area (Å²) in [6, 6.07) is -0.911. The molecule has 0 aliphatic heterocycles. The molecular weight excluding hydrogens is 308 g/mol. The molecule has 0 spiro atoms. The van der Waals surface area contributed by atoms with Crippen molar-refractivity contribution in [3.05, 3.63) is 31.5 Å². The van der Waals surface area contributed by atoms with E-state index in [4.69, 9.17) is 0 Å². The Kier molecular flexibility index (Phi) is 4.60. The summed E-state index contributed by atoms with van der Waals surface area (Å²) in [5.41, 5.74) is -1.37. The van der Waals surface area contributed by atoms with E-state index in [-0.39, 0.29) is 11.0 Å². The summed E-state index contributed by atoms with van der Waals surface area (Å²) in [7, 11) is 1.19. The van der Waals surface area contributed by atoms with E-state index < -0.39 is 23.3 Å². The summed E-state index contributed by atoms with van der Waals surface area (Å²) in [4.78, 5) is 45.5. The predicted molar refractivity (Wildman–Crippen MR) is 65.5 cm³/mol. The molecule has 1 rings (SSSR count). The Hall–Kier alpha value is -1.70. The average Bonchev–Trinajstić information content (AvgIpc) is 2.35. The first-order chi connectivity index (χ1) is 8.42. The fourth-order valence-electron chi connectivity index (χ4n) is 1.32. The summed E-state index contributed by atoms with van der Waals surface area (Å²) in [5.74, 6) is -0.632. The van der Waals surface area contributed by atoms with Gasteiger partial charge < -0.3 is 9.53 Å². The molecule has 0 fully saturated rings. The van der Waals surface area contributed by atoms with Gasteiger partial charge in [0.2, 0.25) is 0 Å². The largest absolute Gasteiger partial charge is 0.468 e. The van der Waals surface area contributed by atoms with E-state index in [1.165, 1.54) is 20.2 Å². The number of carbonyl (C=O) groups excluding carboxylic acids is 2. The van der Waals surface area contributed by atoms with E-state index in [1.807, 2.05) is 0 Å². The molecule has 0 bridgehead atoms. The van der Waals surface area contributed by atoms with Gasteiger partial charge in [0.05, 0.1) is 17.6 Å². The molecule has 7 nitrogen and oxygen atoms in total. The summed E-state index contributed by atoms with van der Waals surface area (Å²) in [6.45, 7) is 1.07. The van der Waals surface area contributed by atoms with Crippen LogP contribution in [0.25, 0.3) is 0 Å². The van der Waals surface area contributed by atoms with Gasteiger partial charge in [0.1, 0.15) is 12.8 Å². The van der Waals surface area contributed by atoms with Gasteiger partial charge in [-0.3, -0.25) is 14.2 Å². The first-order valence-corrected chi connectivity index (χ1v) is 5.75. The molecule has 1 aromatic rings. The molecule has 0 aliphatic carbocycles. The fraction of sp³-hybridized carbons (Fsp3) is 0.400. The van der Waals surface area contributed by atoms with Gasteiger partial charge in [-0.1, -0.05) is 0 Å². The van der Waals surface area contributed by atoms with Crippen molar-refractivity contribution in [3.8, 4) is 0 Å². The summed E-state index contributed by atoms with van der Waals surface area (Å²) < 4.78 is 6.28. The van der Waals surface area contributed by atoms with Crippen LogP contribution in [0.1, 0.15) is 13.0 Å². The van der Waals surface area contributed by atoms with Gasteiger partial charge in [0, 0.05) is 6.20 Å². The lowest BCUT2D eigenvalue weighted by Crippen LogP contribution is -2.42. The first kappa shape index (κ1) is 14.4. The van der Waals surface area contributed by atoms with E-state index >= 15 is 0 Å². The van der Waals surface area contributed by atoms with Crippen LogP contribution in [0.2, 0.25) is 0 Å². The highest BCUT2D eigenvalue weighted by atomic mass is 79.9. The molecule has 0 saturated carbocycles. The van der Waals surface area contributed by atoms with E-state index in [1.54, 1.807) is 0 Å². The Labute approximate surface area is 110 Å². The van der Waals surface area contributed by atoms with Crippen LogP contribution in [0.15, 0.2) is 20.3 Å². The molecule has 98 valence electrons. The summed E-state index contributed by atoms with van der Waals surface area (Å²) >= 11 is 2.98. The van der Waals surface area contributed by atoms with E-state index in [9.17, 15) is 19.2 Å². The van der Waals surface area contributed by atoms with Gasteiger partial charge in [-0.2, -0.15) is 0 Å². The maximum absolute atomic E-state index is 11.9. The zero-order valence-corrected chi connectivity index (χ0v) is 11.3. The fourth-order valence-corrected chi connectivity index (χ4v) is 1.76. The normalized spacial score (nSPS) is 11.9. The maximum Gasteiger partial charge on any atom is 0.332 e. The molecule has 0 radical (unpaired) electrons. The Morgan fingerprint density at radius 1 is 1.56 bits per heavy atom. The Bertz CT molecular complexity index is 589. The highest BCUT2D eigenvalue weighted by molar-refractivity contribution is 9.10. The number of rotatable bonds is 4. The van der Waals surface area contributed by atoms with Crippen LogP contribution >= 0.6 is 15.9 Å². The molecule has 1 aromatic heterocycles. The molecule has 0 N–H and O–H groups in total. The predicted octanol–water partition coefficient (Wildman–Crippen LogP) is -0.295. The van der Waals surface area contributed by atoms with Crippen molar-refractivity contribution in [1.82, 2.24) is 9.13 Å². The van der Waals surface area contributed by atoms with Gasteiger partial charge in [-0.25, -0.2) is 9.36 Å². The van der Waals surface area contributed by atoms with Crippen molar-refractivity contribution in [1.29, 1.82) is 0 Å². The minimum absolute atomic E-state index is 0.0831. The number of carbonyl (C=O) groups is 2. The summed E-state index contributed by atoms with van der Waals surface area (Å²) in [6.07, 6.45) is 1.66. The zero-order valence-electron chi connectivity index (χ0n) is 9.75. The standard InChI is InChI=1S/C10H11BrN2O5/c1-6(5-14)13-9(16)7(11)3-12(10(13)17)4-8(15)18-2/h3,5-6H,4H2,1-2H3/t6-/m0/s1. The van der Waals surface area contributed by atoms with Crippen molar-refractivity contribution in [2.45, 2.75) is 19.5 Å². The van der Waals surface area contributed by atoms with Gasteiger partial charge in [0.25, 0.3) is 5.56 Å². The molecule has 0 unspecified atom stereocenters. The molecule has 0 aromatic carbocycles. The van der Waals surface area contributed by atoms with Gasteiger partial charge >= 0.3 is 11.7 Å². The molecular formula is C10H11BrN2O5. The third kappa shape index (κ3) is 2.76. The van der Waals surface area contributed by atoms with E-state index in [0.717, 1.165) is 9.13 Å². The lowest BCUT2D eigenvalue weighted by Gasteiger charge is -2.12. The number of hydrogen-bond acceptors (Lipinski definition) is 5. The minimum Gasteiger partial charge on any atom is -0.468 e. The number of esters is 1. The van der Waals surface area contributed by atoms with E-state index in [2.05, 4.69) is 20.7 Å². The second-order valence-electron chi connectivity index (χ2n) is 3.52. The third-order valence-corrected chi connectivity index (χ3v) is 2.82. The minimum atomic E-state index is -0.911. The van der Waals surface area contributed by atoms with Crippen molar-refractivity contribution in [3.63, 3.8) is 0 Å². The topological polar surface area (TPSA) is 87.4 Å². The maximum atomic E-state index is 11.9. The highest BCUT2D eigenvalue weighted by Gasteiger charge is 2.16. The average molecular weight is 319 g/mol. The van der Waals surface area contributed by atoms with Crippen molar-refractivity contribution < 1.29 is 14.3 Å². The van der Waals surface area contributed by atoms with Crippen LogP contribution in [-0.4, -0.2) is 28.5 Å². The van der Waals surface area contributed by atoms with Crippen molar-refractivity contribution in [2.75, 3.05) is 7.11 Å². The molecule has 0 aliphatic rings. The highest BCUT2D eigenvalue weighted by Crippen LogP contribution is 2.02. The zero-order chi connectivity index (χ0) is 13.9. The van der Waals surface area contributed by atoms with Crippen LogP contribution < -0.4 is 11.2 Å². The molecule has 8 heteroatoms. The molecule has 0 amide bonds. The Morgan fingerprint density at radius 3 is 2.67 bits per heavy atom. The van der Waals surface area contributed by atoms with Crippen LogP contribution in [0.3, 0.4) is 0 Å². The van der Waals surface area contributed by atoms with Crippen LogP contribution in [0.4, 0.5) is 0 Å². The number of methoxy groups -OCH3 is 1. The molecule has 18 heavy (non-hydrogen) atoms. The van der Waals surface area contributed by atoms with Crippen LogP contribution in [0, 0.1) is 0 Å². The van der Waals surface area contributed by atoms with E-state index in [0.29, 0.717) is 6.29 Å². The number of hydrogen-bond donors (Lipinski definition) is 0. The second-order valence-corrected chi connectivity index (χ2v) is 4.37. The van der Waals surface area contributed by atoms with Gasteiger partial charge in [-0.15, -0.1) is 0 Å².